The summed E-state index contributed by atoms with van der Waals surface area (Å²) in [5.74, 6) is -0.194. The van der Waals surface area contributed by atoms with Crippen molar-refractivity contribution in [1.82, 2.24) is 0 Å². The molecule has 2 N–H and O–H groups in total. The Bertz CT molecular complexity index is 342. The number of hydrogen-bond acceptors (Lipinski definition) is 3. The second-order valence-corrected chi connectivity index (χ2v) is 2.72. The molecule has 1 aromatic rings. The van der Waals surface area contributed by atoms with Crippen molar-refractivity contribution in [1.29, 1.82) is 0 Å². The molecule has 0 spiro atoms. The highest BCUT2D eigenvalue weighted by Gasteiger charge is 2.30. The van der Waals surface area contributed by atoms with Crippen molar-refractivity contribution in [2.75, 3.05) is 0 Å². The number of nitrogens with two attached hydrogens (primary N) is 1. The molecule has 0 aliphatic carbocycles. The van der Waals surface area contributed by atoms with Gasteiger partial charge in [-0.25, -0.2) is 13.6 Å². The molecule has 86 valence electrons. The molecule has 0 aliphatic rings. The largest absolute Gasteiger partial charge is 0.573 e. The predicted molar refractivity (Wildman–Crippen MR) is 47.6 cm³/mol. The fourth-order valence-corrected chi connectivity index (χ4v) is 0.622. The lowest BCUT2D eigenvalue weighted by Gasteiger charge is -2.07. The lowest BCUT2D eigenvalue weighted by Crippen LogP contribution is -2.16. The summed E-state index contributed by atoms with van der Waals surface area (Å²) in [6, 6.07) is 7.05. The second-order valence-electron chi connectivity index (χ2n) is 2.15. The number of benzene rings is 1. The van der Waals surface area contributed by atoms with E-state index in [1.54, 1.807) is 6.07 Å². The third kappa shape index (κ3) is 10.6. The standard InChI is InChI=1S/C7H5F3O.H3NO2S/c8-7(9,10)11-6-4-2-1-3-5-6;1-4(2)3/h1-5H;4H,(H2,1,2,3). The van der Waals surface area contributed by atoms with Crippen molar-refractivity contribution in [2.24, 2.45) is 5.14 Å². The van der Waals surface area contributed by atoms with Crippen LogP contribution < -0.4 is 9.88 Å². The summed E-state index contributed by atoms with van der Waals surface area (Å²) in [5.41, 5.74) is 0. The van der Waals surface area contributed by atoms with Gasteiger partial charge in [0.1, 0.15) is 5.75 Å². The minimum Gasteiger partial charge on any atom is -0.406 e. The van der Waals surface area contributed by atoms with Crippen molar-refractivity contribution < 1.29 is 26.3 Å². The van der Waals surface area contributed by atoms with Crippen LogP contribution in [0.5, 0.6) is 5.75 Å². The Hall–Kier alpha value is -1.28. The van der Waals surface area contributed by atoms with E-state index in [1.165, 1.54) is 24.3 Å². The third-order valence-corrected chi connectivity index (χ3v) is 0.977. The van der Waals surface area contributed by atoms with Crippen molar-refractivity contribution >= 4 is 10.9 Å². The highest BCUT2D eigenvalue weighted by molar-refractivity contribution is 7.69. The van der Waals surface area contributed by atoms with Crippen LogP contribution in [-0.2, 0) is 10.9 Å². The van der Waals surface area contributed by atoms with E-state index in [1.807, 2.05) is 0 Å². The lowest BCUT2D eigenvalue weighted by molar-refractivity contribution is -0.274. The Morgan fingerprint density at radius 3 is 1.87 bits per heavy atom. The summed E-state index contributed by atoms with van der Waals surface area (Å²) in [5, 5.41) is 4.06. The van der Waals surface area contributed by atoms with E-state index in [0.29, 0.717) is 0 Å². The van der Waals surface area contributed by atoms with Gasteiger partial charge in [-0.05, 0) is 12.1 Å². The zero-order valence-corrected chi connectivity index (χ0v) is 8.16. The van der Waals surface area contributed by atoms with E-state index in [2.05, 4.69) is 9.88 Å². The molecule has 0 heterocycles. The number of alkyl halides is 3. The first-order chi connectivity index (χ1) is 6.81. The molecule has 0 aliphatic heterocycles. The Kier molecular flexibility index (Phi) is 5.72. The lowest BCUT2D eigenvalue weighted by atomic mass is 10.3. The van der Waals surface area contributed by atoms with Crippen molar-refractivity contribution in [3.63, 3.8) is 0 Å². The Morgan fingerprint density at radius 1 is 1.13 bits per heavy atom. The first-order valence-electron chi connectivity index (χ1n) is 3.51. The Morgan fingerprint density at radius 2 is 1.53 bits per heavy atom. The van der Waals surface area contributed by atoms with Gasteiger partial charge in [-0.1, -0.05) is 18.2 Å². The molecule has 0 saturated heterocycles. The van der Waals surface area contributed by atoms with E-state index in [4.69, 9.17) is 8.42 Å². The van der Waals surface area contributed by atoms with Crippen LogP contribution in [0.3, 0.4) is 0 Å². The molecule has 0 saturated carbocycles. The van der Waals surface area contributed by atoms with Crippen LogP contribution in [0.15, 0.2) is 30.3 Å². The van der Waals surface area contributed by atoms with Crippen LogP contribution in [0.4, 0.5) is 13.2 Å². The zero-order valence-electron chi connectivity index (χ0n) is 7.27. The fraction of sp³-hybridized carbons (Fsp3) is 0.143. The Labute approximate surface area is 85.5 Å². The van der Waals surface area contributed by atoms with Gasteiger partial charge in [-0.3, -0.25) is 0 Å². The highest BCUT2D eigenvalue weighted by atomic mass is 32.2. The first kappa shape index (κ1) is 13.7. The molecule has 0 radical (unpaired) electrons. The fourth-order valence-electron chi connectivity index (χ4n) is 0.622. The number of para-hydroxylation sites is 1. The molecule has 0 bridgehead atoms. The summed E-state index contributed by atoms with van der Waals surface area (Å²) in [6.45, 7) is 0. The topological polar surface area (TPSA) is 69.4 Å². The van der Waals surface area contributed by atoms with Gasteiger partial charge in [0.15, 0.2) is 10.9 Å². The first-order valence-corrected chi connectivity index (χ1v) is 4.76. The zero-order chi connectivity index (χ0) is 11.9. The van der Waals surface area contributed by atoms with E-state index >= 15 is 0 Å². The monoisotopic (exact) mass is 243 g/mol. The molecule has 0 atom stereocenters. The molecule has 0 unspecified atom stereocenters. The minimum atomic E-state index is -4.60. The number of ether oxygens (including phenoxy) is 1. The average molecular weight is 243 g/mol. The van der Waals surface area contributed by atoms with Gasteiger partial charge in [-0.15, -0.1) is 13.2 Å². The molecule has 0 fully saturated rings. The summed E-state index contributed by atoms with van der Waals surface area (Å²) < 4.78 is 55.8. The minimum absolute atomic E-state index is 0.194. The third-order valence-electron chi connectivity index (χ3n) is 0.977. The maximum Gasteiger partial charge on any atom is 0.573 e. The predicted octanol–water partition coefficient (Wildman–Crippen LogP) is 1.06. The number of halogens is 3. The van der Waals surface area contributed by atoms with Crippen molar-refractivity contribution in [3.8, 4) is 5.75 Å². The molecule has 0 aromatic heterocycles. The highest BCUT2D eigenvalue weighted by Crippen LogP contribution is 2.21. The van der Waals surface area contributed by atoms with E-state index < -0.39 is 17.3 Å². The molecule has 1 aromatic carbocycles. The maximum atomic E-state index is 11.5. The van der Waals surface area contributed by atoms with Gasteiger partial charge >= 0.3 is 6.36 Å². The van der Waals surface area contributed by atoms with Gasteiger partial charge in [-0.2, -0.15) is 0 Å². The van der Waals surface area contributed by atoms with Gasteiger partial charge < -0.3 is 4.74 Å². The number of thiol groups is 1. The summed E-state index contributed by atoms with van der Waals surface area (Å²) in [7, 11) is -2.62. The van der Waals surface area contributed by atoms with Gasteiger partial charge in [0, 0.05) is 0 Å². The quantitative estimate of drug-likeness (QED) is 0.724. The molecule has 8 heteroatoms. The van der Waals surface area contributed by atoms with E-state index in [0.717, 1.165) is 0 Å². The molecule has 4 nitrogen and oxygen atoms in total. The van der Waals surface area contributed by atoms with Gasteiger partial charge in [0.05, 0.1) is 0 Å². The molecular formula is C7H8F3NO3S. The number of hydrogen-bond donors (Lipinski definition) is 2. The molecule has 1 rings (SSSR count). The average Bonchev–Trinajstić information content (AvgIpc) is 2.01. The molecule has 15 heavy (non-hydrogen) atoms. The van der Waals surface area contributed by atoms with Crippen LogP contribution >= 0.6 is 0 Å². The van der Waals surface area contributed by atoms with Crippen molar-refractivity contribution in [2.45, 2.75) is 6.36 Å². The van der Waals surface area contributed by atoms with Crippen LogP contribution in [0.25, 0.3) is 0 Å². The van der Waals surface area contributed by atoms with Gasteiger partial charge in [0.25, 0.3) is 0 Å². The summed E-state index contributed by atoms with van der Waals surface area (Å²) in [4.78, 5) is 0. The van der Waals surface area contributed by atoms with Gasteiger partial charge in [0.2, 0.25) is 0 Å². The van der Waals surface area contributed by atoms with Crippen molar-refractivity contribution in [3.05, 3.63) is 30.3 Å². The summed E-state index contributed by atoms with van der Waals surface area (Å²) >= 11 is 0. The van der Waals surface area contributed by atoms with Crippen LogP contribution in [0, 0.1) is 0 Å². The molecule has 0 amide bonds. The van der Waals surface area contributed by atoms with E-state index in [-0.39, 0.29) is 5.75 Å². The maximum absolute atomic E-state index is 11.5. The molecular weight excluding hydrogens is 235 g/mol. The van der Waals surface area contributed by atoms with Crippen LogP contribution in [-0.4, -0.2) is 14.8 Å². The van der Waals surface area contributed by atoms with Crippen LogP contribution in [0.1, 0.15) is 0 Å². The number of rotatable bonds is 1. The SMILES string of the molecule is FC(F)(F)Oc1ccccc1.N[SH](=O)=O. The van der Waals surface area contributed by atoms with Crippen LogP contribution in [0.2, 0.25) is 0 Å². The summed E-state index contributed by atoms with van der Waals surface area (Å²) in [6.07, 6.45) is -4.60. The van der Waals surface area contributed by atoms with E-state index in [9.17, 15) is 13.2 Å². The second kappa shape index (κ2) is 6.25. The normalized spacial score (nSPS) is 10.5. The smallest absolute Gasteiger partial charge is 0.406 e. The Balaban J connectivity index is 0.000000423.